The SMILES string of the molecule is O=c1c2ccccc2nnn1CN(C[C@H]1CCOC1)C1CC1. The Morgan fingerprint density at radius 1 is 1.27 bits per heavy atom. The fourth-order valence-electron chi connectivity index (χ4n) is 3.11. The van der Waals surface area contributed by atoms with Crippen molar-refractivity contribution in [3.05, 3.63) is 34.6 Å². The molecule has 1 aliphatic heterocycles. The van der Waals surface area contributed by atoms with Gasteiger partial charge in [0.1, 0.15) is 5.52 Å². The lowest BCUT2D eigenvalue weighted by atomic mass is 10.1. The van der Waals surface area contributed by atoms with E-state index in [0.717, 1.165) is 26.2 Å². The van der Waals surface area contributed by atoms with Gasteiger partial charge in [-0.1, -0.05) is 17.3 Å². The molecule has 0 bridgehead atoms. The molecule has 0 spiro atoms. The lowest BCUT2D eigenvalue weighted by Crippen LogP contribution is -2.38. The number of hydrogen-bond donors (Lipinski definition) is 0. The molecule has 2 heterocycles. The van der Waals surface area contributed by atoms with Gasteiger partial charge in [0.25, 0.3) is 5.56 Å². The summed E-state index contributed by atoms with van der Waals surface area (Å²) in [6.07, 6.45) is 3.54. The summed E-state index contributed by atoms with van der Waals surface area (Å²) in [4.78, 5) is 14.9. The average molecular weight is 300 g/mol. The molecule has 1 aliphatic carbocycles. The molecule has 0 radical (unpaired) electrons. The molecular formula is C16H20N4O2. The largest absolute Gasteiger partial charge is 0.381 e. The van der Waals surface area contributed by atoms with E-state index in [9.17, 15) is 4.79 Å². The van der Waals surface area contributed by atoms with E-state index in [4.69, 9.17) is 4.74 Å². The third-order valence-corrected chi connectivity index (χ3v) is 4.52. The third-order valence-electron chi connectivity index (χ3n) is 4.52. The number of fused-ring (bicyclic) bond motifs is 1. The number of benzene rings is 1. The molecule has 0 N–H and O–H groups in total. The van der Waals surface area contributed by atoms with Crippen molar-refractivity contribution >= 4 is 10.9 Å². The fraction of sp³-hybridized carbons (Fsp3) is 0.562. The molecule has 4 rings (SSSR count). The van der Waals surface area contributed by atoms with Crippen molar-refractivity contribution in [1.82, 2.24) is 19.9 Å². The topological polar surface area (TPSA) is 60.2 Å². The summed E-state index contributed by atoms with van der Waals surface area (Å²) in [7, 11) is 0. The van der Waals surface area contributed by atoms with E-state index in [-0.39, 0.29) is 5.56 Å². The number of ether oxygens (including phenoxy) is 1. The summed E-state index contributed by atoms with van der Waals surface area (Å²) < 4.78 is 6.96. The van der Waals surface area contributed by atoms with Gasteiger partial charge in [0, 0.05) is 19.2 Å². The van der Waals surface area contributed by atoms with Crippen LogP contribution >= 0.6 is 0 Å². The minimum atomic E-state index is -0.0566. The highest BCUT2D eigenvalue weighted by atomic mass is 16.5. The van der Waals surface area contributed by atoms with Crippen LogP contribution in [-0.4, -0.2) is 45.7 Å². The van der Waals surface area contributed by atoms with Crippen LogP contribution in [0.15, 0.2) is 29.1 Å². The normalized spacial score (nSPS) is 21.8. The van der Waals surface area contributed by atoms with E-state index in [1.54, 1.807) is 0 Å². The van der Waals surface area contributed by atoms with Crippen molar-refractivity contribution in [2.75, 3.05) is 19.8 Å². The summed E-state index contributed by atoms with van der Waals surface area (Å²) in [5.74, 6) is 0.574. The van der Waals surface area contributed by atoms with Crippen LogP contribution in [0, 0.1) is 5.92 Å². The van der Waals surface area contributed by atoms with Crippen LogP contribution < -0.4 is 5.56 Å². The zero-order valence-corrected chi connectivity index (χ0v) is 12.5. The number of rotatable bonds is 5. The van der Waals surface area contributed by atoms with Crippen molar-refractivity contribution in [1.29, 1.82) is 0 Å². The summed E-state index contributed by atoms with van der Waals surface area (Å²) >= 11 is 0. The predicted octanol–water partition coefficient (Wildman–Crippen LogP) is 1.25. The fourth-order valence-corrected chi connectivity index (χ4v) is 3.11. The van der Waals surface area contributed by atoms with Crippen LogP contribution in [0.2, 0.25) is 0 Å². The van der Waals surface area contributed by atoms with Gasteiger partial charge in [-0.05, 0) is 37.3 Å². The van der Waals surface area contributed by atoms with Crippen molar-refractivity contribution in [2.45, 2.75) is 32.0 Å². The Kier molecular flexibility index (Phi) is 3.63. The minimum Gasteiger partial charge on any atom is -0.381 e. The lowest BCUT2D eigenvalue weighted by molar-refractivity contribution is 0.139. The highest BCUT2D eigenvalue weighted by molar-refractivity contribution is 5.76. The van der Waals surface area contributed by atoms with Crippen LogP contribution in [-0.2, 0) is 11.4 Å². The number of hydrogen-bond acceptors (Lipinski definition) is 5. The van der Waals surface area contributed by atoms with Gasteiger partial charge in [-0.2, -0.15) is 4.68 Å². The monoisotopic (exact) mass is 300 g/mol. The lowest BCUT2D eigenvalue weighted by Gasteiger charge is -2.24. The summed E-state index contributed by atoms with van der Waals surface area (Å²) in [6.45, 7) is 3.20. The second kappa shape index (κ2) is 5.78. The molecule has 1 aromatic heterocycles. The van der Waals surface area contributed by atoms with Gasteiger partial charge in [-0.25, -0.2) is 0 Å². The number of aromatic nitrogens is 3. The molecule has 22 heavy (non-hydrogen) atoms. The van der Waals surface area contributed by atoms with Gasteiger partial charge in [-0.3, -0.25) is 9.69 Å². The Morgan fingerprint density at radius 3 is 2.91 bits per heavy atom. The van der Waals surface area contributed by atoms with E-state index in [1.165, 1.54) is 17.5 Å². The van der Waals surface area contributed by atoms with Gasteiger partial charge in [0.2, 0.25) is 0 Å². The molecule has 6 heteroatoms. The smallest absolute Gasteiger partial charge is 0.278 e. The Labute approximate surface area is 128 Å². The van der Waals surface area contributed by atoms with Crippen molar-refractivity contribution in [3.8, 4) is 0 Å². The summed E-state index contributed by atoms with van der Waals surface area (Å²) in [5, 5.41) is 8.92. The van der Waals surface area contributed by atoms with Crippen molar-refractivity contribution in [2.24, 2.45) is 5.92 Å². The quantitative estimate of drug-likeness (QED) is 0.831. The molecule has 116 valence electrons. The minimum absolute atomic E-state index is 0.0566. The van der Waals surface area contributed by atoms with Crippen LogP contribution in [0.25, 0.3) is 10.9 Å². The van der Waals surface area contributed by atoms with E-state index >= 15 is 0 Å². The maximum Gasteiger partial charge on any atom is 0.278 e. The second-order valence-electron chi connectivity index (χ2n) is 6.28. The molecule has 2 fully saturated rings. The predicted molar refractivity (Wildman–Crippen MR) is 82.5 cm³/mol. The first kappa shape index (κ1) is 13.8. The van der Waals surface area contributed by atoms with Crippen molar-refractivity contribution < 1.29 is 4.74 Å². The Hall–Kier alpha value is -1.79. The summed E-state index contributed by atoms with van der Waals surface area (Å²) in [5.41, 5.74) is 0.602. The molecule has 1 aromatic carbocycles. The molecule has 0 amide bonds. The molecule has 0 unspecified atom stereocenters. The molecule has 1 atom stereocenters. The zero-order chi connectivity index (χ0) is 14.9. The standard InChI is InChI=1S/C16H20N4O2/c21-16-14-3-1-2-4-15(14)17-18-20(16)11-19(13-5-6-13)9-12-7-8-22-10-12/h1-4,12-13H,5-11H2/t12-/m1/s1. The first-order valence-electron chi connectivity index (χ1n) is 7.95. The van der Waals surface area contributed by atoms with Crippen LogP contribution in [0.5, 0.6) is 0 Å². The van der Waals surface area contributed by atoms with Gasteiger partial charge in [0.15, 0.2) is 0 Å². The maximum atomic E-state index is 12.6. The Bertz CT molecular complexity index is 719. The second-order valence-corrected chi connectivity index (χ2v) is 6.28. The average Bonchev–Trinajstić information content (AvgIpc) is 3.27. The van der Waals surface area contributed by atoms with E-state index in [0.29, 0.717) is 29.5 Å². The Balaban J connectivity index is 1.57. The van der Waals surface area contributed by atoms with Gasteiger partial charge >= 0.3 is 0 Å². The molecule has 2 aliphatic rings. The van der Waals surface area contributed by atoms with Crippen LogP contribution in [0.4, 0.5) is 0 Å². The summed E-state index contributed by atoms with van der Waals surface area (Å²) in [6, 6.07) is 7.96. The van der Waals surface area contributed by atoms with E-state index < -0.39 is 0 Å². The molecule has 1 saturated carbocycles. The first-order valence-corrected chi connectivity index (χ1v) is 7.95. The highest BCUT2D eigenvalue weighted by Gasteiger charge is 2.32. The molecule has 1 saturated heterocycles. The molecule has 6 nitrogen and oxygen atoms in total. The zero-order valence-electron chi connectivity index (χ0n) is 12.5. The number of nitrogens with zero attached hydrogens (tertiary/aromatic N) is 4. The van der Waals surface area contributed by atoms with E-state index in [1.807, 2.05) is 24.3 Å². The van der Waals surface area contributed by atoms with Crippen molar-refractivity contribution in [3.63, 3.8) is 0 Å². The van der Waals surface area contributed by atoms with Crippen LogP contribution in [0.3, 0.4) is 0 Å². The maximum absolute atomic E-state index is 12.6. The molecular weight excluding hydrogens is 280 g/mol. The van der Waals surface area contributed by atoms with Crippen LogP contribution in [0.1, 0.15) is 19.3 Å². The van der Waals surface area contributed by atoms with E-state index in [2.05, 4.69) is 15.2 Å². The molecule has 2 aromatic rings. The van der Waals surface area contributed by atoms with Gasteiger partial charge in [0.05, 0.1) is 18.7 Å². The van der Waals surface area contributed by atoms with Gasteiger partial charge in [-0.15, -0.1) is 5.10 Å². The Morgan fingerprint density at radius 2 is 2.14 bits per heavy atom. The van der Waals surface area contributed by atoms with Gasteiger partial charge < -0.3 is 4.74 Å². The third kappa shape index (κ3) is 2.76. The highest BCUT2D eigenvalue weighted by Crippen LogP contribution is 2.29. The first-order chi connectivity index (χ1) is 10.8.